The third-order valence-corrected chi connectivity index (χ3v) is 4.19. The molecule has 1 atom stereocenters. The van der Waals surface area contributed by atoms with Crippen molar-refractivity contribution in [3.05, 3.63) is 23.2 Å². The Hall–Kier alpha value is -0.800. The third kappa shape index (κ3) is 6.23. The van der Waals surface area contributed by atoms with Gasteiger partial charge in [-0.3, -0.25) is 4.90 Å². The zero-order valence-electron chi connectivity index (χ0n) is 14.7. The minimum absolute atomic E-state index is 0.614. The fourth-order valence-electron chi connectivity index (χ4n) is 2.52. The van der Waals surface area contributed by atoms with Crippen LogP contribution in [0, 0.1) is 6.92 Å². The van der Waals surface area contributed by atoms with Gasteiger partial charge in [0.2, 0.25) is 0 Å². The Bertz CT molecular complexity index is 387. The van der Waals surface area contributed by atoms with E-state index in [0.717, 1.165) is 37.7 Å². The Morgan fingerprint density at radius 2 is 2.00 bits per heavy atom. The van der Waals surface area contributed by atoms with Crippen LogP contribution in [0.5, 0.6) is 0 Å². The molecule has 0 saturated heterocycles. The first kappa shape index (κ1) is 18.2. The van der Waals surface area contributed by atoms with Crippen molar-refractivity contribution in [2.45, 2.75) is 79.4 Å². The monoisotopic (exact) mass is 294 g/mol. The number of nitrogens with one attached hydrogen (secondary N) is 1. The van der Waals surface area contributed by atoms with Crippen LogP contribution in [0.25, 0.3) is 0 Å². The van der Waals surface area contributed by atoms with E-state index in [1.807, 2.05) is 0 Å². The van der Waals surface area contributed by atoms with Crippen molar-refractivity contribution in [3.63, 3.8) is 0 Å². The molecule has 1 rings (SSSR count). The molecule has 0 radical (unpaired) electrons. The second kappa shape index (κ2) is 10.0. The lowest BCUT2D eigenvalue weighted by molar-refractivity contribution is 0.177. The van der Waals surface area contributed by atoms with Gasteiger partial charge in [-0.1, -0.05) is 27.2 Å². The molecule has 0 fully saturated rings. The molecule has 0 saturated carbocycles. The summed E-state index contributed by atoms with van der Waals surface area (Å²) in [4.78, 5) is 2.55. The fourth-order valence-corrected chi connectivity index (χ4v) is 2.52. The Morgan fingerprint density at radius 1 is 1.24 bits per heavy atom. The first-order valence-electron chi connectivity index (χ1n) is 8.65. The third-order valence-electron chi connectivity index (χ3n) is 4.19. The van der Waals surface area contributed by atoms with Gasteiger partial charge in [-0.05, 0) is 52.3 Å². The normalized spacial score (nSPS) is 13.0. The van der Waals surface area contributed by atoms with Crippen molar-refractivity contribution in [3.8, 4) is 0 Å². The van der Waals surface area contributed by atoms with Crippen LogP contribution in [0.2, 0.25) is 0 Å². The Balaban J connectivity index is 2.63. The molecule has 0 aliphatic rings. The summed E-state index contributed by atoms with van der Waals surface area (Å²) in [6.45, 7) is 15.2. The van der Waals surface area contributed by atoms with Gasteiger partial charge >= 0.3 is 0 Å². The van der Waals surface area contributed by atoms with Gasteiger partial charge in [0, 0.05) is 18.2 Å². The fraction of sp³-hybridized carbons (Fsp3) is 0.778. The summed E-state index contributed by atoms with van der Waals surface area (Å²) in [5.41, 5.74) is 1.30. The van der Waals surface area contributed by atoms with Crippen LogP contribution < -0.4 is 5.32 Å². The second-order valence-electron chi connectivity index (χ2n) is 6.05. The molecule has 0 bridgehead atoms. The average molecular weight is 294 g/mol. The number of unbranched alkanes of at least 4 members (excludes halogenated alkanes) is 1. The molecule has 0 amide bonds. The molecule has 0 aliphatic heterocycles. The first-order chi connectivity index (χ1) is 10.1. The number of furan rings is 1. The highest BCUT2D eigenvalue weighted by Gasteiger charge is 2.15. The van der Waals surface area contributed by atoms with E-state index in [9.17, 15) is 0 Å². The second-order valence-corrected chi connectivity index (χ2v) is 6.05. The molecular weight excluding hydrogens is 260 g/mol. The van der Waals surface area contributed by atoms with Gasteiger partial charge in [-0.25, -0.2) is 0 Å². The SMILES string of the molecule is CCCCN(Cc1cc(CNCCC)c(C)o1)C(C)CC. The van der Waals surface area contributed by atoms with Gasteiger partial charge in [0.15, 0.2) is 0 Å². The van der Waals surface area contributed by atoms with Gasteiger partial charge in [0.1, 0.15) is 11.5 Å². The van der Waals surface area contributed by atoms with E-state index >= 15 is 0 Å². The highest BCUT2D eigenvalue weighted by molar-refractivity contribution is 5.20. The van der Waals surface area contributed by atoms with Crippen molar-refractivity contribution in [2.24, 2.45) is 0 Å². The standard InChI is InChI=1S/C18H34N2O/c1-6-9-11-20(15(4)8-3)14-18-12-17(16(5)21-18)13-19-10-7-2/h12,15,19H,6-11,13-14H2,1-5H3. The van der Waals surface area contributed by atoms with Crippen LogP contribution in [0.15, 0.2) is 10.5 Å². The zero-order valence-corrected chi connectivity index (χ0v) is 14.7. The highest BCUT2D eigenvalue weighted by Crippen LogP contribution is 2.18. The number of hydrogen-bond donors (Lipinski definition) is 1. The molecule has 1 heterocycles. The number of hydrogen-bond acceptors (Lipinski definition) is 3. The van der Waals surface area contributed by atoms with E-state index in [-0.39, 0.29) is 0 Å². The van der Waals surface area contributed by atoms with E-state index < -0.39 is 0 Å². The van der Waals surface area contributed by atoms with Gasteiger partial charge in [0.05, 0.1) is 6.54 Å². The lowest BCUT2D eigenvalue weighted by atomic mass is 10.2. The largest absolute Gasteiger partial charge is 0.465 e. The molecular formula is C18H34N2O. The molecule has 3 heteroatoms. The van der Waals surface area contributed by atoms with Crippen molar-refractivity contribution >= 4 is 0 Å². The molecule has 21 heavy (non-hydrogen) atoms. The molecule has 1 unspecified atom stereocenters. The van der Waals surface area contributed by atoms with E-state index in [4.69, 9.17) is 4.42 Å². The Kier molecular flexibility index (Phi) is 8.70. The molecule has 1 N–H and O–H groups in total. The molecule has 0 aliphatic carbocycles. The predicted octanol–water partition coefficient (Wildman–Crippen LogP) is 4.49. The van der Waals surface area contributed by atoms with Crippen LogP contribution in [-0.4, -0.2) is 24.0 Å². The number of aryl methyl sites for hydroxylation is 1. The Labute approximate surface area is 131 Å². The highest BCUT2D eigenvalue weighted by atomic mass is 16.3. The first-order valence-corrected chi connectivity index (χ1v) is 8.65. The summed E-state index contributed by atoms with van der Waals surface area (Å²) in [5, 5.41) is 3.45. The molecule has 0 aromatic carbocycles. The van der Waals surface area contributed by atoms with Crippen molar-refractivity contribution in [2.75, 3.05) is 13.1 Å². The van der Waals surface area contributed by atoms with Crippen LogP contribution >= 0.6 is 0 Å². The smallest absolute Gasteiger partial charge is 0.118 e. The summed E-state index contributed by atoms with van der Waals surface area (Å²) >= 11 is 0. The molecule has 122 valence electrons. The van der Waals surface area contributed by atoms with Crippen molar-refractivity contribution < 1.29 is 4.42 Å². The van der Waals surface area contributed by atoms with Crippen LogP contribution in [0.4, 0.5) is 0 Å². The average Bonchev–Trinajstić information content (AvgIpc) is 2.83. The van der Waals surface area contributed by atoms with Gasteiger partial charge in [-0.15, -0.1) is 0 Å². The maximum absolute atomic E-state index is 5.97. The summed E-state index contributed by atoms with van der Waals surface area (Å²) in [6.07, 6.45) is 4.86. The minimum Gasteiger partial charge on any atom is -0.465 e. The topological polar surface area (TPSA) is 28.4 Å². The lowest BCUT2D eigenvalue weighted by Gasteiger charge is -2.27. The summed E-state index contributed by atoms with van der Waals surface area (Å²) < 4.78 is 5.97. The molecule has 0 spiro atoms. The molecule has 1 aromatic heterocycles. The van der Waals surface area contributed by atoms with E-state index in [1.165, 1.54) is 31.2 Å². The van der Waals surface area contributed by atoms with E-state index in [0.29, 0.717) is 6.04 Å². The van der Waals surface area contributed by atoms with Crippen LogP contribution in [0.3, 0.4) is 0 Å². The minimum atomic E-state index is 0.614. The maximum atomic E-state index is 5.97. The number of nitrogens with zero attached hydrogens (tertiary/aromatic N) is 1. The molecule has 1 aromatic rings. The van der Waals surface area contributed by atoms with Crippen molar-refractivity contribution in [1.82, 2.24) is 10.2 Å². The van der Waals surface area contributed by atoms with Crippen LogP contribution in [-0.2, 0) is 13.1 Å². The summed E-state index contributed by atoms with van der Waals surface area (Å²) in [6, 6.07) is 2.85. The predicted molar refractivity (Wildman–Crippen MR) is 90.5 cm³/mol. The zero-order chi connectivity index (χ0) is 15.7. The van der Waals surface area contributed by atoms with Gasteiger partial charge in [-0.2, -0.15) is 0 Å². The number of rotatable bonds is 11. The summed E-state index contributed by atoms with van der Waals surface area (Å²) in [5.74, 6) is 2.17. The lowest BCUT2D eigenvalue weighted by Crippen LogP contribution is -2.32. The van der Waals surface area contributed by atoms with Crippen molar-refractivity contribution in [1.29, 1.82) is 0 Å². The van der Waals surface area contributed by atoms with E-state index in [1.54, 1.807) is 0 Å². The van der Waals surface area contributed by atoms with Gasteiger partial charge in [0.25, 0.3) is 0 Å². The quantitative estimate of drug-likeness (QED) is 0.610. The van der Waals surface area contributed by atoms with Gasteiger partial charge < -0.3 is 9.73 Å². The summed E-state index contributed by atoms with van der Waals surface area (Å²) in [7, 11) is 0. The van der Waals surface area contributed by atoms with E-state index in [2.05, 4.69) is 50.9 Å². The van der Waals surface area contributed by atoms with Crippen LogP contribution in [0.1, 0.15) is 70.5 Å². The Morgan fingerprint density at radius 3 is 2.62 bits per heavy atom. The maximum Gasteiger partial charge on any atom is 0.118 e. The molecule has 3 nitrogen and oxygen atoms in total.